The summed E-state index contributed by atoms with van der Waals surface area (Å²) in [5.41, 5.74) is 7.42. The first-order valence-corrected chi connectivity index (χ1v) is 5.10. The van der Waals surface area contributed by atoms with E-state index in [1.807, 2.05) is 31.2 Å². The van der Waals surface area contributed by atoms with Gasteiger partial charge in [-0.25, -0.2) is 0 Å². The van der Waals surface area contributed by atoms with Crippen molar-refractivity contribution in [2.24, 2.45) is 5.73 Å². The van der Waals surface area contributed by atoms with Crippen molar-refractivity contribution in [3.63, 3.8) is 0 Å². The third-order valence-electron chi connectivity index (χ3n) is 2.07. The van der Waals surface area contributed by atoms with Gasteiger partial charge in [0.2, 0.25) is 5.91 Å². The molecule has 4 heteroatoms. The smallest absolute Gasteiger partial charge is 0.224 e. The van der Waals surface area contributed by atoms with Crippen LogP contribution in [-0.2, 0) is 11.2 Å². The minimum atomic E-state index is -0.0582. The highest BCUT2D eigenvalue weighted by Crippen LogP contribution is 2.07. The molecule has 1 rings (SSSR count). The van der Waals surface area contributed by atoms with Gasteiger partial charge in [-0.3, -0.25) is 4.79 Å². The minimum Gasteiger partial charge on any atom is -0.392 e. The van der Waals surface area contributed by atoms with E-state index in [-0.39, 0.29) is 12.5 Å². The van der Waals surface area contributed by atoms with Gasteiger partial charge in [0.1, 0.15) is 0 Å². The van der Waals surface area contributed by atoms with Crippen LogP contribution < -0.4 is 11.1 Å². The van der Waals surface area contributed by atoms with E-state index < -0.39 is 0 Å². The van der Waals surface area contributed by atoms with Gasteiger partial charge in [-0.15, -0.1) is 0 Å². The number of hydrogen-bond acceptors (Lipinski definition) is 2. The zero-order valence-electron chi connectivity index (χ0n) is 8.62. The van der Waals surface area contributed by atoms with Gasteiger partial charge in [-0.2, -0.15) is 0 Å². The van der Waals surface area contributed by atoms with E-state index in [1.165, 1.54) is 0 Å². The molecule has 0 aromatic heterocycles. The summed E-state index contributed by atoms with van der Waals surface area (Å²) in [6.07, 6.45) is 0.370. The zero-order chi connectivity index (χ0) is 11.3. The molecule has 15 heavy (non-hydrogen) atoms. The van der Waals surface area contributed by atoms with Crippen molar-refractivity contribution < 1.29 is 4.79 Å². The lowest BCUT2D eigenvalue weighted by Gasteiger charge is -2.06. The highest BCUT2D eigenvalue weighted by Gasteiger charge is 2.04. The summed E-state index contributed by atoms with van der Waals surface area (Å²) in [4.78, 5) is 11.7. The van der Waals surface area contributed by atoms with E-state index in [0.29, 0.717) is 11.4 Å². The van der Waals surface area contributed by atoms with Gasteiger partial charge in [-0.05, 0) is 18.1 Å². The highest BCUT2D eigenvalue weighted by atomic mass is 32.1. The Kier molecular flexibility index (Phi) is 4.24. The van der Waals surface area contributed by atoms with Crippen LogP contribution in [0.25, 0.3) is 0 Å². The Hall–Kier alpha value is -1.42. The highest BCUT2D eigenvalue weighted by molar-refractivity contribution is 7.80. The van der Waals surface area contributed by atoms with Gasteiger partial charge in [0.05, 0.1) is 18.0 Å². The average Bonchev–Trinajstić information content (AvgIpc) is 2.18. The summed E-state index contributed by atoms with van der Waals surface area (Å²) in [5.74, 6) is -0.0582. The lowest BCUT2D eigenvalue weighted by Crippen LogP contribution is -2.33. The molecule has 1 amide bonds. The molecular weight excluding hydrogens is 208 g/mol. The maximum Gasteiger partial charge on any atom is 0.224 e. The van der Waals surface area contributed by atoms with E-state index in [1.54, 1.807) is 0 Å². The molecular formula is C11H14N2OS. The molecule has 0 fully saturated rings. The van der Waals surface area contributed by atoms with Gasteiger partial charge in [0, 0.05) is 0 Å². The second kappa shape index (κ2) is 5.46. The van der Waals surface area contributed by atoms with Crippen molar-refractivity contribution in [3.05, 3.63) is 35.4 Å². The molecule has 0 unspecified atom stereocenters. The number of rotatable bonds is 4. The van der Waals surface area contributed by atoms with E-state index in [0.717, 1.165) is 11.1 Å². The fourth-order valence-electron chi connectivity index (χ4n) is 1.23. The Morgan fingerprint density at radius 1 is 1.47 bits per heavy atom. The lowest BCUT2D eigenvalue weighted by atomic mass is 10.1. The molecule has 3 nitrogen and oxygen atoms in total. The molecule has 0 radical (unpaired) electrons. The first-order chi connectivity index (χ1) is 7.09. The van der Waals surface area contributed by atoms with E-state index >= 15 is 0 Å². The maximum absolute atomic E-state index is 11.4. The summed E-state index contributed by atoms with van der Waals surface area (Å²) in [6, 6.07) is 7.79. The zero-order valence-corrected chi connectivity index (χ0v) is 9.43. The van der Waals surface area contributed by atoms with Crippen molar-refractivity contribution in [1.29, 1.82) is 0 Å². The van der Waals surface area contributed by atoms with E-state index in [4.69, 9.17) is 5.73 Å². The van der Waals surface area contributed by atoms with Gasteiger partial charge in [0.25, 0.3) is 0 Å². The third kappa shape index (κ3) is 4.08. The molecule has 0 bridgehead atoms. The van der Waals surface area contributed by atoms with Crippen LogP contribution in [0.2, 0.25) is 0 Å². The van der Waals surface area contributed by atoms with Crippen LogP contribution in [0.1, 0.15) is 11.1 Å². The molecule has 0 aliphatic heterocycles. The van der Waals surface area contributed by atoms with E-state index in [9.17, 15) is 4.79 Å². The van der Waals surface area contributed by atoms with Crippen molar-refractivity contribution in [3.8, 4) is 0 Å². The maximum atomic E-state index is 11.4. The Bertz CT molecular complexity index is 377. The van der Waals surface area contributed by atoms with Gasteiger partial charge < -0.3 is 11.1 Å². The summed E-state index contributed by atoms with van der Waals surface area (Å²) in [7, 11) is 0. The standard InChI is InChI=1S/C11H14N2OS/c1-8-4-2-3-5-9(8)6-11(14)13-7-10(12)15/h2-5H,6-7H2,1H3,(H2,12,15)(H,13,14). The number of carbonyl (C=O) groups is 1. The van der Waals surface area contributed by atoms with Crippen LogP contribution >= 0.6 is 12.2 Å². The Balaban J connectivity index is 2.52. The minimum absolute atomic E-state index is 0.0582. The molecule has 0 atom stereocenters. The summed E-state index contributed by atoms with van der Waals surface area (Å²) >= 11 is 4.67. The number of aryl methyl sites for hydroxylation is 1. The monoisotopic (exact) mass is 222 g/mol. The second-order valence-corrected chi connectivity index (χ2v) is 3.87. The number of carbonyl (C=O) groups excluding carboxylic acids is 1. The Morgan fingerprint density at radius 2 is 2.13 bits per heavy atom. The fraction of sp³-hybridized carbons (Fsp3) is 0.273. The summed E-state index contributed by atoms with van der Waals surface area (Å²) in [5, 5.41) is 2.65. The number of hydrogen-bond donors (Lipinski definition) is 2. The topological polar surface area (TPSA) is 55.1 Å². The molecule has 1 aromatic rings. The molecule has 0 saturated carbocycles. The van der Waals surface area contributed by atoms with Crippen LogP contribution in [0.3, 0.4) is 0 Å². The molecule has 0 heterocycles. The van der Waals surface area contributed by atoms with E-state index in [2.05, 4.69) is 17.5 Å². The van der Waals surface area contributed by atoms with Crippen molar-refractivity contribution >= 4 is 23.1 Å². The number of nitrogens with two attached hydrogens (primary N) is 1. The molecule has 3 N–H and O–H groups in total. The summed E-state index contributed by atoms with van der Waals surface area (Å²) in [6.45, 7) is 2.25. The molecule has 80 valence electrons. The lowest BCUT2D eigenvalue weighted by molar-refractivity contribution is -0.120. The van der Waals surface area contributed by atoms with Gasteiger partial charge in [0.15, 0.2) is 0 Å². The largest absolute Gasteiger partial charge is 0.392 e. The number of benzene rings is 1. The van der Waals surface area contributed by atoms with Crippen LogP contribution in [0.4, 0.5) is 0 Å². The molecule has 1 aromatic carbocycles. The second-order valence-electron chi connectivity index (χ2n) is 3.35. The number of amides is 1. The van der Waals surface area contributed by atoms with Crippen LogP contribution in [0.15, 0.2) is 24.3 Å². The van der Waals surface area contributed by atoms with Gasteiger partial charge in [-0.1, -0.05) is 36.5 Å². The molecule has 0 spiro atoms. The molecule has 0 aliphatic carbocycles. The predicted octanol–water partition coefficient (Wildman–Crippen LogP) is 0.940. The molecule has 0 saturated heterocycles. The van der Waals surface area contributed by atoms with Crippen molar-refractivity contribution in [2.75, 3.05) is 6.54 Å². The fourth-order valence-corrected chi connectivity index (χ4v) is 1.30. The number of thiocarbonyl (C=S) groups is 1. The Morgan fingerprint density at radius 3 is 2.73 bits per heavy atom. The van der Waals surface area contributed by atoms with Crippen molar-refractivity contribution in [1.82, 2.24) is 5.32 Å². The predicted molar refractivity (Wildman–Crippen MR) is 64.7 cm³/mol. The normalized spacial score (nSPS) is 9.67. The first-order valence-electron chi connectivity index (χ1n) is 4.69. The summed E-state index contributed by atoms with van der Waals surface area (Å²) < 4.78 is 0. The quantitative estimate of drug-likeness (QED) is 0.745. The first kappa shape index (κ1) is 11.7. The van der Waals surface area contributed by atoms with Crippen LogP contribution in [0.5, 0.6) is 0 Å². The number of nitrogens with one attached hydrogen (secondary N) is 1. The van der Waals surface area contributed by atoms with Crippen molar-refractivity contribution in [2.45, 2.75) is 13.3 Å². The third-order valence-corrected chi connectivity index (χ3v) is 2.22. The SMILES string of the molecule is Cc1ccccc1CC(=O)NCC(N)=S. The Labute approximate surface area is 94.7 Å². The van der Waals surface area contributed by atoms with Crippen LogP contribution in [-0.4, -0.2) is 17.4 Å². The molecule has 0 aliphatic rings. The average molecular weight is 222 g/mol. The van der Waals surface area contributed by atoms with Crippen LogP contribution in [0, 0.1) is 6.92 Å². The van der Waals surface area contributed by atoms with Gasteiger partial charge >= 0.3 is 0 Å².